The molecule has 0 aliphatic rings. The molecule has 1 rings (SSSR count). The van der Waals surface area contributed by atoms with Crippen LogP contribution in [0.5, 0.6) is 5.75 Å². The van der Waals surface area contributed by atoms with Gasteiger partial charge in [0.1, 0.15) is 5.75 Å². The van der Waals surface area contributed by atoms with Crippen LogP contribution in [-0.2, 0) is 0 Å². The van der Waals surface area contributed by atoms with Crippen molar-refractivity contribution in [1.82, 2.24) is 4.90 Å². The zero-order valence-corrected chi connectivity index (χ0v) is 10.3. The number of nitrogens with two attached hydrogens (primary N) is 1. The molecule has 0 fully saturated rings. The van der Waals surface area contributed by atoms with E-state index in [9.17, 15) is 0 Å². The summed E-state index contributed by atoms with van der Waals surface area (Å²) >= 11 is 0. The van der Waals surface area contributed by atoms with Gasteiger partial charge in [0.25, 0.3) is 0 Å². The van der Waals surface area contributed by atoms with E-state index < -0.39 is 0 Å². The summed E-state index contributed by atoms with van der Waals surface area (Å²) in [6, 6.07) is 5.67. The second kappa shape index (κ2) is 6.23. The zero-order valence-electron chi connectivity index (χ0n) is 10.3. The molecule has 1 aromatic carbocycles. The van der Waals surface area contributed by atoms with Gasteiger partial charge in [0.2, 0.25) is 0 Å². The highest BCUT2D eigenvalue weighted by Gasteiger charge is 1.99. The smallest absolute Gasteiger partial charge is 0.122 e. The Labute approximate surface area is 97.4 Å². The standard InChI is InChI=1S/C12H21N3O/c1-4-15(2)6-5-14-11-7-10(13)8-12(9-11)16-3/h7-9,14H,4-6,13H2,1-3H3. The number of ether oxygens (including phenoxy) is 1. The summed E-state index contributed by atoms with van der Waals surface area (Å²) in [4.78, 5) is 2.25. The Kier molecular flexibility index (Phi) is 4.92. The SMILES string of the molecule is CCN(C)CCNc1cc(N)cc(OC)c1. The lowest BCUT2D eigenvalue weighted by Gasteiger charge is -2.15. The molecule has 0 saturated carbocycles. The first-order chi connectivity index (χ1) is 7.65. The monoisotopic (exact) mass is 223 g/mol. The third-order valence-corrected chi connectivity index (χ3v) is 2.53. The van der Waals surface area contributed by atoms with Gasteiger partial charge in [-0.2, -0.15) is 0 Å². The zero-order chi connectivity index (χ0) is 12.0. The number of hydrogen-bond donors (Lipinski definition) is 2. The summed E-state index contributed by atoms with van der Waals surface area (Å²) in [6.07, 6.45) is 0. The van der Waals surface area contributed by atoms with Crippen LogP contribution in [0.3, 0.4) is 0 Å². The average molecular weight is 223 g/mol. The van der Waals surface area contributed by atoms with Crippen molar-refractivity contribution in [2.45, 2.75) is 6.92 Å². The predicted octanol–water partition coefficient (Wildman–Crippen LogP) is 1.64. The molecule has 0 unspecified atom stereocenters. The molecular formula is C12H21N3O. The summed E-state index contributed by atoms with van der Waals surface area (Å²) in [5, 5.41) is 3.32. The topological polar surface area (TPSA) is 50.5 Å². The third-order valence-electron chi connectivity index (χ3n) is 2.53. The fraction of sp³-hybridized carbons (Fsp3) is 0.500. The molecule has 1 aromatic rings. The highest BCUT2D eigenvalue weighted by atomic mass is 16.5. The number of hydrogen-bond acceptors (Lipinski definition) is 4. The van der Waals surface area contributed by atoms with Crippen molar-refractivity contribution >= 4 is 11.4 Å². The largest absolute Gasteiger partial charge is 0.497 e. The number of nitrogens with one attached hydrogen (secondary N) is 1. The summed E-state index contributed by atoms with van der Waals surface area (Å²) < 4.78 is 5.15. The average Bonchev–Trinajstić information content (AvgIpc) is 2.28. The fourth-order valence-corrected chi connectivity index (χ4v) is 1.39. The van der Waals surface area contributed by atoms with Gasteiger partial charge < -0.3 is 20.7 Å². The molecule has 3 N–H and O–H groups in total. The van der Waals surface area contributed by atoms with Gasteiger partial charge in [-0.05, 0) is 19.7 Å². The predicted molar refractivity (Wildman–Crippen MR) is 69.1 cm³/mol. The molecule has 0 spiro atoms. The quantitative estimate of drug-likeness (QED) is 0.720. The molecular weight excluding hydrogens is 202 g/mol. The lowest BCUT2D eigenvalue weighted by Crippen LogP contribution is -2.24. The highest BCUT2D eigenvalue weighted by Crippen LogP contribution is 2.21. The Bertz CT molecular complexity index is 328. The van der Waals surface area contributed by atoms with Crippen LogP contribution >= 0.6 is 0 Å². The molecule has 0 aliphatic heterocycles. The Balaban J connectivity index is 2.50. The van der Waals surface area contributed by atoms with Crippen molar-refractivity contribution < 1.29 is 4.74 Å². The molecule has 0 saturated heterocycles. The summed E-state index contributed by atoms with van der Waals surface area (Å²) in [7, 11) is 3.74. The van der Waals surface area contributed by atoms with Crippen LogP contribution < -0.4 is 15.8 Å². The van der Waals surface area contributed by atoms with E-state index in [-0.39, 0.29) is 0 Å². The van der Waals surface area contributed by atoms with E-state index in [2.05, 4.69) is 24.2 Å². The number of nitrogens with zero attached hydrogens (tertiary/aromatic N) is 1. The summed E-state index contributed by atoms with van der Waals surface area (Å²) in [5.41, 5.74) is 7.48. The number of anilines is 2. The van der Waals surface area contributed by atoms with Crippen LogP contribution in [0.25, 0.3) is 0 Å². The van der Waals surface area contributed by atoms with E-state index in [1.807, 2.05) is 18.2 Å². The molecule has 0 aliphatic carbocycles. The molecule has 0 heterocycles. The van der Waals surface area contributed by atoms with Crippen molar-refractivity contribution in [3.05, 3.63) is 18.2 Å². The van der Waals surface area contributed by atoms with Gasteiger partial charge >= 0.3 is 0 Å². The maximum atomic E-state index is 5.76. The van der Waals surface area contributed by atoms with Crippen LogP contribution in [-0.4, -0.2) is 38.7 Å². The number of nitrogen functional groups attached to an aromatic ring is 1. The normalized spacial score (nSPS) is 10.5. The number of benzene rings is 1. The summed E-state index contributed by atoms with van der Waals surface area (Å²) in [5.74, 6) is 0.784. The number of likely N-dealkylation sites (N-methyl/N-ethyl adjacent to an activating group) is 1. The first-order valence-corrected chi connectivity index (χ1v) is 5.52. The highest BCUT2D eigenvalue weighted by molar-refractivity contribution is 5.59. The van der Waals surface area contributed by atoms with Gasteiger partial charge in [0, 0.05) is 36.6 Å². The van der Waals surface area contributed by atoms with E-state index in [1.54, 1.807) is 7.11 Å². The van der Waals surface area contributed by atoms with Gasteiger partial charge in [0.05, 0.1) is 7.11 Å². The molecule has 0 amide bonds. The second-order valence-corrected chi connectivity index (χ2v) is 3.82. The van der Waals surface area contributed by atoms with E-state index in [0.29, 0.717) is 5.69 Å². The van der Waals surface area contributed by atoms with E-state index in [1.165, 1.54) is 0 Å². The minimum absolute atomic E-state index is 0.714. The van der Waals surface area contributed by atoms with E-state index in [4.69, 9.17) is 10.5 Å². The minimum atomic E-state index is 0.714. The maximum Gasteiger partial charge on any atom is 0.122 e. The van der Waals surface area contributed by atoms with Gasteiger partial charge in [-0.1, -0.05) is 6.92 Å². The van der Waals surface area contributed by atoms with Crippen LogP contribution in [0.1, 0.15) is 6.92 Å². The lowest BCUT2D eigenvalue weighted by atomic mass is 10.2. The number of rotatable bonds is 6. The molecule has 4 nitrogen and oxygen atoms in total. The number of methoxy groups -OCH3 is 1. The third kappa shape index (κ3) is 3.98. The Morgan fingerprint density at radius 3 is 2.75 bits per heavy atom. The minimum Gasteiger partial charge on any atom is -0.497 e. The molecule has 0 bridgehead atoms. The maximum absolute atomic E-state index is 5.76. The van der Waals surface area contributed by atoms with Crippen LogP contribution in [0.2, 0.25) is 0 Å². The lowest BCUT2D eigenvalue weighted by molar-refractivity contribution is 0.367. The first kappa shape index (κ1) is 12.6. The van der Waals surface area contributed by atoms with E-state index in [0.717, 1.165) is 31.1 Å². The van der Waals surface area contributed by atoms with Gasteiger partial charge in [-0.15, -0.1) is 0 Å². The van der Waals surface area contributed by atoms with Crippen molar-refractivity contribution in [3.63, 3.8) is 0 Å². The Morgan fingerprint density at radius 2 is 2.12 bits per heavy atom. The van der Waals surface area contributed by atoms with Gasteiger partial charge in [-0.25, -0.2) is 0 Å². The molecule has 0 atom stereocenters. The molecule has 0 aromatic heterocycles. The first-order valence-electron chi connectivity index (χ1n) is 5.52. The van der Waals surface area contributed by atoms with E-state index >= 15 is 0 Å². The van der Waals surface area contributed by atoms with Gasteiger partial charge in [0.15, 0.2) is 0 Å². The van der Waals surface area contributed by atoms with Crippen LogP contribution in [0, 0.1) is 0 Å². The summed E-state index contributed by atoms with van der Waals surface area (Å²) in [6.45, 7) is 5.11. The molecule has 16 heavy (non-hydrogen) atoms. The van der Waals surface area contributed by atoms with Crippen molar-refractivity contribution in [2.24, 2.45) is 0 Å². The Morgan fingerprint density at radius 1 is 1.38 bits per heavy atom. The fourth-order valence-electron chi connectivity index (χ4n) is 1.39. The molecule has 90 valence electrons. The van der Waals surface area contributed by atoms with Crippen molar-refractivity contribution in [1.29, 1.82) is 0 Å². The van der Waals surface area contributed by atoms with Crippen molar-refractivity contribution in [2.75, 3.05) is 44.8 Å². The van der Waals surface area contributed by atoms with Gasteiger partial charge in [-0.3, -0.25) is 0 Å². The molecule has 0 radical (unpaired) electrons. The second-order valence-electron chi connectivity index (χ2n) is 3.82. The Hall–Kier alpha value is -1.42. The van der Waals surface area contributed by atoms with Crippen molar-refractivity contribution in [3.8, 4) is 5.75 Å². The van der Waals surface area contributed by atoms with Crippen LogP contribution in [0.4, 0.5) is 11.4 Å². The van der Waals surface area contributed by atoms with Crippen LogP contribution in [0.15, 0.2) is 18.2 Å². The molecule has 4 heteroatoms.